The number of fused-ring (bicyclic) bond motifs is 1. The Labute approximate surface area is 118 Å². The summed E-state index contributed by atoms with van der Waals surface area (Å²) in [6.45, 7) is 1.99. The number of benzene rings is 1. The quantitative estimate of drug-likeness (QED) is 0.792. The van der Waals surface area contributed by atoms with Crippen molar-refractivity contribution in [3.8, 4) is 0 Å². The molecule has 0 spiro atoms. The largest absolute Gasteiger partial charge is 0.324 e. The van der Waals surface area contributed by atoms with Crippen molar-refractivity contribution in [2.24, 2.45) is 12.8 Å². The highest BCUT2D eigenvalue weighted by molar-refractivity contribution is 5.81. The number of nitrogens with two attached hydrogens (primary N) is 1. The molecule has 0 saturated carbocycles. The van der Waals surface area contributed by atoms with Crippen LogP contribution in [-0.4, -0.2) is 14.8 Å². The van der Waals surface area contributed by atoms with Crippen molar-refractivity contribution >= 4 is 10.9 Å². The molecule has 2 heterocycles. The molecule has 0 aliphatic carbocycles. The number of para-hydroxylation sites is 1. The van der Waals surface area contributed by atoms with E-state index in [1.54, 1.807) is 6.20 Å². The first-order valence-corrected chi connectivity index (χ1v) is 6.74. The number of hydrogen-bond acceptors (Lipinski definition) is 3. The molecule has 2 N–H and O–H groups in total. The predicted molar refractivity (Wildman–Crippen MR) is 80.3 cm³/mol. The van der Waals surface area contributed by atoms with Crippen molar-refractivity contribution in [2.75, 3.05) is 0 Å². The van der Waals surface area contributed by atoms with Crippen molar-refractivity contribution in [2.45, 2.75) is 19.4 Å². The lowest BCUT2D eigenvalue weighted by Gasteiger charge is -2.12. The summed E-state index contributed by atoms with van der Waals surface area (Å²) in [6, 6.07) is 12.1. The Bertz CT molecular complexity index is 745. The van der Waals surface area contributed by atoms with Gasteiger partial charge < -0.3 is 5.73 Å². The Morgan fingerprint density at radius 1 is 1.20 bits per heavy atom. The van der Waals surface area contributed by atoms with Gasteiger partial charge in [-0.1, -0.05) is 24.3 Å². The van der Waals surface area contributed by atoms with Gasteiger partial charge in [-0.2, -0.15) is 5.10 Å². The lowest BCUT2D eigenvalue weighted by molar-refractivity contribution is 0.675. The van der Waals surface area contributed by atoms with Gasteiger partial charge in [-0.15, -0.1) is 0 Å². The summed E-state index contributed by atoms with van der Waals surface area (Å²) in [5.41, 5.74) is 10.6. The molecule has 2 aromatic heterocycles. The molecule has 4 heteroatoms. The maximum absolute atomic E-state index is 6.34. The van der Waals surface area contributed by atoms with E-state index in [9.17, 15) is 0 Å². The molecule has 3 rings (SSSR count). The Morgan fingerprint density at radius 3 is 2.80 bits per heavy atom. The van der Waals surface area contributed by atoms with Gasteiger partial charge in [0.25, 0.3) is 0 Å². The minimum atomic E-state index is -0.0815. The van der Waals surface area contributed by atoms with Crippen LogP contribution in [-0.2, 0) is 13.5 Å². The topological polar surface area (TPSA) is 56.7 Å². The van der Waals surface area contributed by atoms with Gasteiger partial charge in [0, 0.05) is 36.8 Å². The maximum Gasteiger partial charge on any atom is 0.0722 e. The molecule has 3 aromatic rings. The molecule has 0 bridgehead atoms. The summed E-state index contributed by atoms with van der Waals surface area (Å²) in [5.74, 6) is 0. The first-order valence-electron chi connectivity index (χ1n) is 6.74. The van der Waals surface area contributed by atoms with E-state index >= 15 is 0 Å². The van der Waals surface area contributed by atoms with Crippen molar-refractivity contribution in [3.63, 3.8) is 0 Å². The lowest BCUT2D eigenvalue weighted by Crippen LogP contribution is -2.15. The summed E-state index contributed by atoms with van der Waals surface area (Å²) in [7, 11) is 1.96. The smallest absolute Gasteiger partial charge is 0.0722 e. The maximum atomic E-state index is 6.34. The van der Waals surface area contributed by atoms with Gasteiger partial charge in [0.05, 0.1) is 11.2 Å². The van der Waals surface area contributed by atoms with Crippen LogP contribution in [0, 0.1) is 6.92 Å². The van der Waals surface area contributed by atoms with E-state index in [1.807, 2.05) is 42.9 Å². The first-order chi connectivity index (χ1) is 9.66. The molecular formula is C16H18N4. The second-order valence-corrected chi connectivity index (χ2v) is 5.08. The number of nitrogens with zero attached hydrogens (tertiary/aromatic N) is 3. The van der Waals surface area contributed by atoms with E-state index in [0.717, 1.165) is 22.5 Å². The normalized spacial score (nSPS) is 12.8. The molecule has 0 amide bonds. The van der Waals surface area contributed by atoms with Crippen molar-refractivity contribution in [1.29, 1.82) is 0 Å². The second-order valence-electron chi connectivity index (χ2n) is 5.08. The van der Waals surface area contributed by atoms with Crippen molar-refractivity contribution < 1.29 is 0 Å². The summed E-state index contributed by atoms with van der Waals surface area (Å²) < 4.78 is 1.91. The Balaban J connectivity index is 1.96. The van der Waals surface area contributed by atoms with Gasteiger partial charge in [0.15, 0.2) is 0 Å². The first kappa shape index (κ1) is 12.8. The fourth-order valence-electron chi connectivity index (χ4n) is 2.65. The van der Waals surface area contributed by atoms with Crippen molar-refractivity contribution in [1.82, 2.24) is 14.8 Å². The van der Waals surface area contributed by atoms with Crippen molar-refractivity contribution in [3.05, 3.63) is 59.5 Å². The third kappa shape index (κ3) is 2.18. The number of pyridine rings is 1. The van der Waals surface area contributed by atoms with E-state index in [0.29, 0.717) is 6.42 Å². The minimum Gasteiger partial charge on any atom is -0.324 e. The van der Waals surface area contributed by atoms with E-state index < -0.39 is 0 Å². The van der Waals surface area contributed by atoms with Gasteiger partial charge in [-0.3, -0.25) is 9.67 Å². The van der Waals surface area contributed by atoms with Crippen LogP contribution >= 0.6 is 0 Å². The van der Waals surface area contributed by atoms with Gasteiger partial charge in [-0.25, -0.2) is 0 Å². The number of aryl methyl sites for hydroxylation is 2. The number of hydrogen-bond donors (Lipinski definition) is 1. The minimum absolute atomic E-state index is 0.0815. The van der Waals surface area contributed by atoms with Crippen LogP contribution in [0.25, 0.3) is 10.9 Å². The Kier molecular flexibility index (Phi) is 3.24. The molecule has 0 radical (unpaired) electrons. The van der Waals surface area contributed by atoms with Crippen LogP contribution in [0.15, 0.2) is 42.6 Å². The number of aromatic nitrogens is 3. The molecule has 0 fully saturated rings. The van der Waals surface area contributed by atoms with Crippen LogP contribution in [0.4, 0.5) is 0 Å². The van der Waals surface area contributed by atoms with Gasteiger partial charge in [0.1, 0.15) is 0 Å². The average molecular weight is 266 g/mol. The third-order valence-electron chi connectivity index (χ3n) is 3.69. The van der Waals surface area contributed by atoms with Gasteiger partial charge >= 0.3 is 0 Å². The molecule has 0 aliphatic heterocycles. The average Bonchev–Trinajstić information content (AvgIpc) is 2.76. The van der Waals surface area contributed by atoms with Crippen LogP contribution in [0.2, 0.25) is 0 Å². The van der Waals surface area contributed by atoms with E-state index in [2.05, 4.69) is 22.2 Å². The lowest BCUT2D eigenvalue weighted by atomic mass is 10.0. The highest BCUT2D eigenvalue weighted by Gasteiger charge is 2.15. The van der Waals surface area contributed by atoms with E-state index in [-0.39, 0.29) is 6.04 Å². The fourth-order valence-corrected chi connectivity index (χ4v) is 2.65. The fraction of sp³-hybridized carbons (Fsp3) is 0.250. The molecule has 0 saturated heterocycles. The monoisotopic (exact) mass is 266 g/mol. The summed E-state index contributed by atoms with van der Waals surface area (Å²) >= 11 is 0. The molecule has 0 aliphatic rings. The molecule has 1 unspecified atom stereocenters. The van der Waals surface area contributed by atoms with Gasteiger partial charge in [0.2, 0.25) is 0 Å². The van der Waals surface area contributed by atoms with Gasteiger partial charge in [-0.05, 0) is 24.6 Å². The van der Waals surface area contributed by atoms with E-state index in [1.165, 1.54) is 5.39 Å². The van der Waals surface area contributed by atoms with Crippen LogP contribution < -0.4 is 5.73 Å². The Hall–Kier alpha value is -2.20. The van der Waals surface area contributed by atoms with E-state index in [4.69, 9.17) is 5.73 Å². The highest BCUT2D eigenvalue weighted by atomic mass is 15.3. The zero-order chi connectivity index (χ0) is 14.1. The van der Waals surface area contributed by atoms with Crippen LogP contribution in [0.3, 0.4) is 0 Å². The molecule has 20 heavy (non-hydrogen) atoms. The standard InChI is InChI=1S/C16H18N4/c1-11-12(7-5-9-18-11)14(17)10-15-13-6-3-4-8-16(13)20(2)19-15/h3-9,14H,10,17H2,1-2H3. The highest BCUT2D eigenvalue weighted by Crippen LogP contribution is 2.23. The molecule has 1 atom stereocenters. The zero-order valence-electron chi connectivity index (χ0n) is 11.7. The zero-order valence-corrected chi connectivity index (χ0v) is 11.7. The van der Waals surface area contributed by atoms with Crippen LogP contribution in [0.1, 0.15) is 23.0 Å². The molecule has 4 nitrogen and oxygen atoms in total. The predicted octanol–water partition coefficient (Wildman–Crippen LogP) is 2.52. The Morgan fingerprint density at radius 2 is 2.00 bits per heavy atom. The SMILES string of the molecule is Cc1ncccc1C(N)Cc1nn(C)c2ccccc12. The molecule has 102 valence electrons. The molecular weight excluding hydrogens is 248 g/mol. The summed E-state index contributed by atoms with van der Waals surface area (Å²) in [5, 5.41) is 5.77. The summed E-state index contributed by atoms with van der Waals surface area (Å²) in [6.07, 6.45) is 2.51. The molecule has 1 aromatic carbocycles. The number of rotatable bonds is 3. The second kappa shape index (κ2) is 5.06. The summed E-state index contributed by atoms with van der Waals surface area (Å²) in [4.78, 5) is 4.30. The third-order valence-corrected chi connectivity index (χ3v) is 3.69. The van der Waals surface area contributed by atoms with Crippen LogP contribution in [0.5, 0.6) is 0 Å².